The van der Waals surface area contributed by atoms with Crippen molar-refractivity contribution in [2.45, 2.75) is 45.5 Å². The number of hydrogen-bond donors (Lipinski definition) is 1. The van der Waals surface area contributed by atoms with Gasteiger partial charge in [-0.25, -0.2) is 4.39 Å². The molecule has 4 nitrogen and oxygen atoms in total. The molecule has 0 fully saturated rings. The first-order chi connectivity index (χ1) is 13.9. The molecule has 0 saturated heterocycles. The Morgan fingerprint density at radius 3 is 2.48 bits per heavy atom. The maximum Gasteiger partial charge on any atom is 0.242 e. The number of halogens is 1. The average molecular weight is 417 g/mol. The predicted molar refractivity (Wildman–Crippen MR) is 117 cm³/mol. The molecular weight excluding hydrogens is 387 g/mol. The number of nitrogens with one attached hydrogen (secondary N) is 1. The number of aryl methyl sites for hydroxylation is 1. The zero-order chi connectivity index (χ0) is 21.2. The van der Waals surface area contributed by atoms with Crippen LogP contribution < -0.4 is 5.32 Å². The number of nitrogens with zero attached hydrogens (tertiary/aromatic N) is 1. The predicted octanol–water partition coefficient (Wildman–Crippen LogP) is 4.31. The van der Waals surface area contributed by atoms with E-state index in [1.807, 2.05) is 38.1 Å². The van der Waals surface area contributed by atoms with Crippen LogP contribution in [0, 0.1) is 12.7 Å². The lowest BCUT2D eigenvalue weighted by atomic mass is 10.1. The van der Waals surface area contributed by atoms with Crippen molar-refractivity contribution in [3.05, 3.63) is 71.0 Å². The minimum absolute atomic E-state index is 0.133. The van der Waals surface area contributed by atoms with E-state index in [0.29, 0.717) is 24.4 Å². The van der Waals surface area contributed by atoms with Gasteiger partial charge in [0, 0.05) is 18.8 Å². The van der Waals surface area contributed by atoms with E-state index in [2.05, 4.69) is 5.32 Å². The molecule has 0 saturated carbocycles. The molecule has 2 aromatic rings. The third kappa shape index (κ3) is 7.20. The Balaban J connectivity index is 2.05. The number of amides is 2. The summed E-state index contributed by atoms with van der Waals surface area (Å²) in [6.07, 6.45) is 0.836. The second-order valence-electron chi connectivity index (χ2n) is 7.06. The molecule has 2 aromatic carbocycles. The lowest BCUT2D eigenvalue weighted by Gasteiger charge is -2.28. The zero-order valence-corrected chi connectivity index (χ0v) is 18.1. The highest BCUT2D eigenvalue weighted by Gasteiger charge is 2.25. The van der Waals surface area contributed by atoms with Crippen molar-refractivity contribution in [3.63, 3.8) is 0 Å². The second kappa shape index (κ2) is 11.6. The van der Waals surface area contributed by atoms with Gasteiger partial charge in [0.25, 0.3) is 0 Å². The lowest BCUT2D eigenvalue weighted by Crippen LogP contribution is -2.48. The third-order valence-electron chi connectivity index (χ3n) is 4.63. The number of hydrogen-bond acceptors (Lipinski definition) is 3. The molecule has 1 atom stereocenters. The Bertz CT molecular complexity index is 811. The summed E-state index contributed by atoms with van der Waals surface area (Å²) in [5.41, 5.74) is 2.68. The lowest BCUT2D eigenvalue weighted by molar-refractivity contribution is -0.138. The van der Waals surface area contributed by atoms with Crippen molar-refractivity contribution in [2.75, 3.05) is 12.3 Å². The summed E-state index contributed by atoms with van der Waals surface area (Å²) in [5.74, 6) is 0.0347. The fraction of sp³-hybridized carbons (Fsp3) is 0.391. The van der Waals surface area contributed by atoms with Crippen molar-refractivity contribution in [1.29, 1.82) is 0 Å². The summed E-state index contributed by atoms with van der Waals surface area (Å²) in [5, 5.41) is 2.86. The SMILES string of the molecule is CCCNC(=O)[C@@H](C)N(Cc1ccc(C)cc1)C(=O)CSCc1ccccc1F. The number of thioether (sulfide) groups is 1. The quantitative estimate of drug-likeness (QED) is 0.628. The van der Waals surface area contributed by atoms with Crippen LogP contribution in [0.2, 0.25) is 0 Å². The highest BCUT2D eigenvalue weighted by atomic mass is 32.2. The van der Waals surface area contributed by atoms with Crippen LogP contribution in [-0.4, -0.2) is 35.1 Å². The van der Waals surface area contributed by atoms with Crippen LogP contribution in [0.5, 0.6) is 0 Å². The molecule has 156 valence electrons. The molecule has 2 amide bonds. The molecule has 0 unspecified atom stereocenters. The first kappa shape index (κ1) is 22.9. The minimum atomic E-state index is -0.579. The monoisotopic (exact) mass is 416 g/mol. The van der Waals surface area contributed by atoms with Crippen molar-refractivity contribution in [3.8, 4) is 0 Å². The van der Waals surface area contributed by atoms with Gasteiger partial charge >= 0.3 is 0 Å². The summed E-state index contributed by atoms with van der Waals surface area (Å²) in [7, 11) is 0. The van der Waals surface area contributed by atoms with E-state index >= 15 is 0 Å². The summed E-state index contributed by atoms with van der Waals surface area (Å²) in [4.78, 5) is 27.0. The Morgan fingerprint density at radius 1 is 1.14 bits per heavy atom. The summed E-state index contributed by atoms with van der Waals surface area (Å²) in [6, 6.07) is 13.9. The summed E-state index contributed by atoms with van der Waals surface area (Å²) in [6.45, 7) is 6.68. The molecule has 0 spiro atoms. The van der Waals surface area contributed by atoms with Crippen LogP contribution in [0.25, 0.3) is 0 Å². The highest BCUT2D eigenvalue weighted by molar-refractivity contribution is 7.99. The molecule has 29 heavy (non-hydrogen) atoms. The first-order valence-electron chi connectivity index (χ1n) is 9.86. The maximum absolute atomic E-state index is 13.8. The van der Waals surface area contributed by atoms with Gasteiger partial charge in [-0.05, 0) is 37.5 Å². The second-order valence-corrected chi connectivity index (χ2v) is 8.04. The number of carbonyl (C=O) groups is 2. The highest BCUT2D eigenvalue weighted by Crippen LogP contribution is 2.18. The van der Waals surface area contributed by atoms with Gasteiger partial charge < -0.3 is 10.2 Å². The Kier molecular flexibility index (Phi) is 9.19. The number of carbonyl (C=O) groups excluding carboxylic acids is 2. The molecule has 0 aromatic heterocycles. The van der Waals surface area contributed by atoms with Crippen molar-refractivity contribution in [1.82, 2.24) is 10.2 Å². The van der Waals surface area contributed by atoms with Gasteiger partial charge in [0.15, 0.2) is 0 Å². The fourth-order valence-corrected chi connectivity index (χ4v) is 3.71. The number of benzene rings is 2. The summed E-state index contributed by atoms with van der Waals surface area (Å²) >= 11 is 1.35. The molecular formula is C23H29FN2O2S. The topological polar surface area (TPSA) is 49.4 Å². The van der Waals surface area contributed by atoms with Crippen LogP contribution in [0.1, 0.15) is 37.0 Å². The molecule has 1 N–H and O–H groups in total. The third-order valence-corrected chi connectivity index (χ3v) is 5.60. The Hall–Kier alpha value is -2.34. The van der Waals surface area contributed by atoms with Crippen LogP contribution >= 0.6 is 11.8 Å². The number of rotatable bonds is 10. The van der Waals surface area contributed by atoms with E-state index in [1.54, 1.807) is 30.0 Å². The van der Waals surface area contributed by atoms with Crippen LogP contribution in [0.3, 0.4) is 0 Å². The standard InChI is InChI=1S/C23H29FN2O2S/c1-4-13-25-23(28)18(3)26(14-19-11-9-17(2)10-12-19)22(27)16-29-15-20-7-5-6-8-21(20)24/h5-12,18H,4,13-16H2,1-3H3,(H,25,28)/t18-/m1/s1. The zero-order valence-electron chi connectivity index (χ0n) is 17.3. The van der Waals surface area contributed by atoms with Gasteiger partial charge in [-0.2, -0.15) is 0 Å². The van der Waals surface area contributed by atoms with E-state index < -0.39 is 6.04 Å². The van der Waals surface area contributed by atoms with Gasteiger partial charge in [-0.15, -0.1) is 11.8 Å². The van der Waals surface area contributed by atoms with Crippen LogP contribution in [-0.2, 0) is 21.9 Å². The Morgan fingerprint density at radius 2 is 1.83 bits per heavy atom. The van der Waals surface area contributed by atoms with E-state index in [1.165, 1.54) is 17.8 Å². The van der Waals surface area contributed by atoms with Gasteiger partial charge in [-0.3, -0.25) is 9.59 Å². The molecule has 0 bridgehead atoms. The summed E-state index contributed by atoms with van der Waals surface area (Å²) < 4.78 is 13.8. The van der Waals surface area contributed by atoms with Crippen LogP contribution in [0.15, 0.2) is 48.5 Å². The molecule has 0 aliphatic carbocycles. The van der Waals surface area contributed by atoms with Gasteiger partial charge in [-0.1, -0.05) is 55.0 Å². The van der Waals surface area contributed by atoms with Crippen molar-refractivity contribution in [2.24, 2.45) is 0 Å². The fourth-order valence-electron chi connectivity index (χ4n) is 2.82. The normalized spacial score (nSPS) is 11.7. The first-order valence-corrected chi connectivity index (χ1v) is 11.0. The van der Waals surface area contributed by atoms with Crippen molar-refractivity contribution >= 4 is 23.6 Å². The molecule has 6 heteroatoms. The Labute approximate surface area is 176 Å². The van der Waals surface area contributed by atoms with Crippen LogP contribution in [0.4, 0.5) is 4.39 Å². The molecule has 2 rings (SSSR count). The van der Waals surface area contributed by atoms with E-state index in [9.17, 15) is 14.0 Å². The van der Waals surface area contributed by atoms with Gasteiger partial charge in [0.1, 0.15) is 11.9 Å². The van der Waals surface area contributed by atoms with Gasteiger partial charge in [0.2, 0.25) is 11.8 Å². The molecule has 0 heterocycles. The minimum Gasteiger partial charge on any atom is -0.354 e. The maximum atomic E-state index is 13.8. The van der Waals surface area contributed by atoms with Gasteiger partial charge in [0.05, 0.1) is 5.75 Å². The average Bonchev–Trinajstić information content (AvgIpc) is 2.72. The smallest absolute Gasteiger partial charge is 0.242 e. The van der Waals surface area contributed by atoms with E-state index in [0.717, 1.165) is 17.5 Å². The van der Waals surface area contributed by atoms with Crippen molar-refractivity contribution < 1.29 is 14.0 Å². The van der Waals surface area contributed by atoms with E-state index in [4.69, 9.17) is 0 Å². The largest absolute Gasteiger partial charge is 0.354 e. The molecule has 0 radical (unpaired) electrons. The molecule has 0 aliphatic heterocycles. The molecule has 0 aliphatic rings. The van der Waals surface area contributed by atoms with E-state index in [-0.39, 0.29) is 23.4 Å².